The van der Waals surface area contributed by atoms with Crippen molar-refractivity contribution in [3.63, 3.8) is 0 Å². The van der Waals surface area contributed by atoms with Crippen LogP contribution in [0.3, 0.4) is 0 Å². The molecule has 17 heavy (non-hydrogen) atoms. The van der Waals surface area contributed by atoms with Crippen LogP contribution in [0.25, 0.3) is 0 Å². The topological polar surface area (TPSA) is 45.8 Å². The predicted octanol–water partition coefficient (Wildman–Crippen LogP) is -0.613. The number of nitrogens with one attached hydrogen (secondary N) is 2. The van der Waals surface area contributed by atoms with E-state index in [9.17, 15) is 0 Å². The van der Waals surface area contributed by atoms with Crippen molar-refractivity contribution in [2.45, 2.75) is 24.1 Å². The molecule has 0 aliphatic carbocycles. The summed E-state index contributed by atoms with van der Waals surface area (Å²) < 4.78 is 11.8. The van der Waals surface area contributed by atoms with Crippen molar-refractivity contribution in [3.05, 3.63) is 0 Å². The standard InChI is InChI=1S/C12H23N3O2/c1-15-6-7-16-9-11(15)8-14-12(17-10-11)2-4-13-5-3-12/h13-14H,2-10H2,1H3. The molecule has 0 aromatic heterocycles. The highest BCUT2D eigenvalue weighted by Crippen LogP contribution is 2.30. The molecule has 2 spiro atoms. The van der Waals surface area contributed by atoms with E-state index >= 15 is 0 Å². The lowest BCUT2D eigenvalue weighted by molar-refractivity contribution is -0.191. The van der Waals surface area contributed by atoms with Gasteiger partial charge in [0.1, 0.15) is 5.72 Å². The molecule has 2 N–H and O–H groups in total. The van der Waals surface area contributed by atoms with Crippen LogP contribution in [-0.4, -0.2) is 69.2 Å². The fraction of sp³-hybridized carbons (Fsp3) is 1.00. The summed E-state index contributed by atoms with van der Waals surface area (Å²) in [6.07, 6.45) is 2.13. The average molecular weight is 241 g/mol. The summed E-state index contributed by atoms with van der Waals surface area (Å²) in [6.45, 7) is 6.48. The second-order valence-corrected chi connectivity index (χ2v) is 5.59. The second kappa shape index (κ2) is 4.48. The van der Waals surface area contributed by atoms with Gasteiger partial charge in [0.05, 0.1) is 25.4 Å². The third-order valence-corrected chi connectivity index (χ3v) is 4.52. The number of piperidine rings is 1. The zero-order valence-electron chi connectivity index (χ0n) is 10.6. The maximum atomic E-state index is 6.20. The first-order valence-electron chi connectivity index (χ1n) is 6.64. The quantitative estimate of drug-likeness (QED) is 0.592. The highest BCUT2D eigenvalue weighted by molar-refractivity contribution is 5.01. The predicted molar refractivity (Wildman–Crippen MR) is 65.0 cm³/mol. The van der Waals surface area contributed by atoms with E-state index in [1.807, 2.05) is 0 Å². The fourth-order valence-corrected chi connectivity index (χ4v) is 3.00. The molecule has 5 heteroatoms. The van der Waals surface area contributed by atoms with Gasteiger partial charge in [-0.3, -0.25) is 10.2 Å². The smallest absolute Gasteiger partial charge is 0.121 e. The number of rotatable bonds is 0. The number of hydrogen-bond donors (Lipinski definition) is 2. The molecule has 0 aromatic carbocycles. The summed E-state index contributed by atoms with van der Waals surface area (Å²) in [5.74, 6) is 0. The van der Waals surface area contributed by atoms with E-state index in [2.05, 4.69) is 22.6 Å². The summed E-state index contributed by atoms with van der Waals surface area (Å²) in [7, 11) is 2.17. The molecule has 3 heterocycles. The van der Waals surface area contributed by atoms with Crippen LogP contribution in [0, 0.1) is 0 Å². The molecular formula is C12H23N3O2. The summed E-state index contributed by atoms with van der Waals surface area (Å²) in [5.41, 5.74) is -0.0246. The van der Waals surface area contributed by atoms with Gasteiger partial charge in [-0.15, -0.1) is 0 Å². The van der Waals surface area contributed by atoms with E-state index in [-0.39, 0.29) is 11.3 Å². The van der Waals surface area contributed by atoms with Crippen LogP contribution in [-0.2, 0) is 9.47 Å². The molecule has 5 nitrogen and oxygen atoms in total. The molecule has 3 rings (SSSR count). The summed E-state index contributed by atoms with van der Waals surface area (Å²) in [4.78, 5) is 2.39. The Hall–Kier alpha value is -0.200. The first-order valence-corrected chi connectivity index (χ1v) is 6.64. The summed E-state index contributed by atoms with van der Waals surface area (Å²) in [5, 5.41) is 7.02. The van der Waals surface area contributed by atoms with Gasteiger partial charge >= 0.3 is 0 Å². The number of nitrogens with zero attached hydrogens (tertiary/aromatic N) is 1. The van der Waals surface area contributed by atoms with Crippen molar-refractivity contribution >= 4 is 0 Å². The largest absolute Gasteiger partial charge is 0.378 e. The van der Waals surface area contributed by atoms with E-state index in [4.69, 9.17) is 9.47 Å². The lowest BCUT2D eigenvalue weighted by atomic mass is 9.91. The number of ether oxygens (including phenoxy) is 2. The van der Waals surface area contributed by atoms with Crippen LogP contribution < -0.4 is 10.6 Å². The average Bonchev–Trinajstić information content (AvgIpc) is 2.38. The Morgan fingerprint density at radius 2 is 2.00 bits per heavy atom. The van der Waals surface area contributed by atoms with Crippen molar-refractivity contribution in [2.75, 3.05) is 53.0 Å². The fourth-order valence-electron chi connectivity index (χ4n) is 3.00. The van der Waals surface area contributed by atoms with Crippen molar-refractivity contribution in [3.8, 4) is 0 Å². The van der Waals surface area contributed by atoms with Crippen LogP contribution >= 0.6 is 0 Å². The molecule has 0 amide bonds. The SMILES string of the molecule is CN1CCOCC12CNC1(CCNCC1)OC2. The normalized spacial score (nSPS) is 38.6. The molecule has 1 atom stereocenters. The molecule has 3 aliphatic rings. The monoisotopic (exact) mass is 241 g/mol. The van der Waals surface area contributed by atoms with E-state index in [0.29, 0.717) is 0 Å². The Morgan fingerprint density at radius 1 is 1.18 bits per heavy atom. The van der Waals surface area contributed by atoms with Crippen molar-refractivity contribution in [1.29, 1.82) is 0 Å². The molecule has 1 unspecified atom stereocenters. The lowest BCUT2D eigenvalue weighted by Gasteiger charge is -2.53. The number of morpholine rings is 1. The first-order chi connectivity index (χ1) is 8.25. The molecule has 0 saturated carbocycles. The Labute approximate surface area is 103 Å². The van der Waals surface area contributed by atoms with Gasteiger partial charge in [-0.1, -0.05) is 0 Å². The Balaban J connectivity index is 1.66. The summed E-state index contributed by atoms with van der Waals surface area (Å²) in [6, 6.07) is 0. The van der Waals surface area contributed by atoms with E-state index < -0.39 is 0 Å². The molecule has 0 aromatic rings. The van der Waals surface area contributed by atoms with E-state index in [1.54, 1.807) is 0 Å². The van der Waals surface area contributed by atoms with Crippen molar-refractivity contribution < 1.29 is 9.47 Å². The number of hydrogen-bond acceptors (Lipinski definition) is 5. The molecule has 3 aliphatic heterocycles. The number of likely N-dealkylation sites (N-methyl/N-ethyl adjacent to an activating group) is 1. The molecular weight excluding hydrogens is 218 g/mol. The van der Waals surface area contributed by atoms with Crippen LogP contribution in [0.15, 0.2) is 0 Å². The van der Waals surface area contributed by atoms with Gasteiger partial charge in [-0.25, -0.2) is 0 Å². The molecule has 98 valence electrons. The maximum absolute atomic E-state index is 6.20. The Bertz CT molecular complexity index is 269. The van der Waals surface area contributed by atoms with Gasteiger partial charge in [-0.2, -0.15) is 0 Å². The van der Waals surface area contributed by atoms with E-state index in [0.717, 1.165) is 58.8 Å². The molecule has 0 radical (unpaired) electrons. The first kappa shape index (κ1) is 11.9. The van der Waals surface area contributed by atoms with Crippen LogP contribution in [0.4, 0.5) is 0 Å². The van der Waals surface area contributed by atoms with Crippen LogP contribution in [0.1, 0.15) is 12.8 Å². The van der Waals surface area contributed by atoms with Crippen molar-refractivity contribution in [1.82, 2.24) is 15.5 Å². The molecule has 3 fully saturated rings. The maximum Gasteiger partial charge on any atom is 0.121 e. The van der Waals surface area contributed by atoms with E-state index in [1.165, 1.54) is 0 Å². The van der Waals surface area contributed by atoms with Gasteiger partial charge < -0.3 is 14.8 Å². The third kappa shape index (κ3) is 2.11. The highest BCUT2D eigenvalue weighted by Gasteiger charge is 2.47. The Kier molecular flexibility index (Phi) is 3.13. The third-order valence-electron chi connectivity index (χ3n) is 4.52. The molecule has 3 saturated heterocycles. The minimum absolute atomic E-state index is 0.0500. The highest BCUT2D eigenvalue weighted by atomic mass is 16.5. The van der Waals surface area contributed by atoms with Gasteiger partial charge in [0, 0.05) is 25.9 Å². The second-order valence-electron chi connectivity index (χ2n) is 5.59. The van der Waals surface area contributed by atoms with Crippen LogP contribution in [0.2, 0.25) is 0 Å². The zero-order chi connectivity index (χ0) is 11.8. The van der Waals surface area contributed by atoms with Gasteiger partial charge in [0.15, 0.2) is 0 Å². The minimum Gasteiger partial charge on any atom is -0.378 e. The minimum atomic E-state index is -0.0746. The summed E-state index contributed by atoms with van der Waals surface area (Å²) >= 11 is 0. The lowest BCUT2D eigenvalue weighted by Crippen LogP contribution is -2.71. The zero-order valence-corrected chi connectivity index (χ0v) is 10.6. The van der Waals surface area contributed by atoms with Crippen molar-refractivity contribution in [2.24, 2.45) is 0 Å². The van der Waals surface area contributed by atoms with Gasteiger partial charge in [-0.05, 0) is 20.1 Å². The van der Waals surface area contributed by atoms with Gasteiger partial charge in [0.2, 0.25) is 0 Å². The Morgan fingerprint density at radius 3 is 2.65 bits per heavy atom. The van der Waals surface area contributed by atoms with Crippen LogP contribution in [0.5, 0.6) is 0 Å². The van der Waals surface area contributed by atoms with Gasteiger partial charge in [0.25, 0.3) is 0 Å². The molecule has 0 bridgehead atoms.